The standard InChI is InChI=1S/C50H30N4S/c1-3-11-31(12-4-1)32-19-21-34(22-20-32)49-52-48(33-13-5-2-6-14-33)53-50(54-49)44-29-51-30-46-47(44)43-28-36(24-26-45(43)55-46)35-23-25-41-39-17-8-7-15-37(39)38-16-9-10-18-40(38)42(41)27-35/h1-30H. The summed E-state index contributed by atoms with van der Waals surface area (Å²) < 4.78 is 2.29. The highest BCUT2D eigenvalue weighted by molar-refractivity contribution is 7.25. The molecule has 4 nitrogen and oxygen atoms in total. The van der Waals surface area contributed by atoms with Crippen molar-refractivity contribution in [3.63, 3.8) is 0 Å². The Kier molecular flexibility index (Phi) is 7.32. The third-order valence-corrected chi connectivity index (χ3v) is 11.7. The van der Waals surface area contributed by atoms with Crippen LogP contribution in [0.15, 0.2) is 182 Å². The highest BCUT2D eigenvalue weighted by Crippen LogP contribution is 2.42. The molecule has 3 heterocycles. The quantitative estimate of drug-likeness (QED) is 0.166. The van der Waals surface area contributed by atoms with Crippen LogP contribution in [0, 0.1) is 0 Å². The number of hydrogen-bond donors (Lipinski definition) is 0. The van der Waals surface area contributed by atoms with E-state index in [0.717, 1.165) is 43.3 Å². The Morgan fingerprint density at radius 3 is 1.42 bits per heavy atom. The van der Waals surface area contributed by atoms with Crippen LogP contribution in [0.5, 0.6) is 0 Å². The van der Waals surface area contributed by atoms with Gasteiger partial charge in [0.2, 0.25) is 0 Å². The lowest BCUT2D eigenvalue weighted by Crippen LogP contribution is -2.00. The van der Waals surface area contributed by atoms with Gasteiger partial charge in [-0.25, -0.2) is 15.0 Å². The Bertz CT molecular complexity index is 3210. The first kappa shape index (κ1) is 31.4. The lowest BCUT2D eigenvalue weighted by atomic mass is 9.92. The average Bonchev–Trinajstić information content (AvgIpc) is 3.65. The summed E-state index contributed by atoms with van der Waals surface area (Å²) in [6.45, 7) is 0. The molecule has 256 valence electrons. The molecule has 11 aromatic rings. The van der Waals surface area contributed by atoms with Crippen LogP contribution < -0.4 is 0 Å². The molecule has 0 aliphatic rings. The normalized spacial score (nSPS) is 11.6. The minimum Gasteiger partial charge on any atom is -0.262 e. The van der Waals surface area contributed by atoms with Crippen molar-refractivity contribution in [1.29, 1.82) is 0 Å². The molecule has 0 saturated carbocycles. The van der Waals surface area contributed by atoms with Crippen LogP contribution in [0.2, 0.25) is 0 Å². The molecule has 0 amide bonds. The zero-order valence-corrected chi connectivity index (χ0v) is 30.3. The summed E-state index contributed by atoms with van der Waals surface area (Å²) >= 11 is 1.75. The number of hydrogen-bond acceptors (Lipinski definition) is 5. The zero-order chi connectivity index (χ0) is 36.3. The van der Waals surface area contributed by atoms with E-state index < -0.39 is 0 Å². The first-order valence-electron chi connectivity index (χ1n) is 18.4. The van der Waals surface area contributed by atoms with Crippen LogP contribution in [-0.2, 0) is 0 Å². The van der Waals surface area contributed by atoms with Crippen molar-refractivity contribution < 1.29 is 0 Å². The van der Waals surface area contributed by atoms with E-state index >= 15 is 0 Å². The Hall–Kier alpha value is -7.08. The second-order valence-corrected chi connectivity index (χ2v) is 14.9. The van der Waals surface area contributed by atoms with E-state index in [1.165, 1.54) is 48.1 Å². The molecule has 5 heteroatoms. The largest absolute Gasteiger partial charge is 0.262 e. The van der Waals surface area contributed by atoms with Gasteiger partial charge in [-0.3, -0.25) is 4.98 Å². The third kappa shape index (κ3) is 5.36. The van der Waals surface area contributed by atoms with Gasteiger partial charge in [-0.2, -0.15) is 0 Å². The second-order valence-electron chi connectivity index (χ2n) is 13.8. The lowest BCUT2D eigenvalue weighted by Gasteiger charge is -2.12. The third-order valence-electron chi connectivity index (χ3n) is 10.6. The van der Waals surface area contributed by atoms with Gasteiger partial charge in [-0.1, -0.05) is 152 Å². The zero-order valence-electron chi connectivity index (χ0n) is 29.5. The van der Waals surface area contributed by atoms with E-state index in [1.807, 2.05) is 48.8 Å². The lowest BCUT2D eigenvalue weighted by molar-refractivity contribution is 1.07. The van der Waals surface area contributed by atoms with E-state index in [2.05, 4.69) is 133 Å². The number of thiophene rings is 1. The predicted molar refractivity (Wildman–Crippen MR) is 230 cm³/mol. The van der Waals surface area contributed by atoms with Crippen LogP contribution in [0.4, 0.5) is 0 Å². The summed E-state index contributed by atoms with van der Waals surface area (Å²) in [6, 6.07) is 60.1. The molecule has 0 saturated heterocycles. The molecule has 0 N–H and O–H groups in total. The van der Waals surface area contributed by atoms with Gasteiger partial charge in [0.15, 0.2) is 17.5 Å². The van der Waals surface area contributed by atoms with E-state index in [4.69, 9.17) is 19.9 Å². The number of nitrogens with zero attached hydrogens (tertiary/aromatic N) is 4. The van der Waals surface area contributed by atoms with Gasteiger partial charge < -0.3 is 0 Å². The van der Waals surface area contributed by atoms with Crippen molar-refractivity contribution >= 4 is 63.8 Å². The Labute approximate surface area is 321 Å². The Morgan fingerprint density at radius 1 is 0.309 bits per heavy atom. The van der Waals surface area contributed by atoms with Gasteiger partial charge in [-0.05, 0) is 72.8 Å². The summed E-state index contributed by atoms with van der Waals surface area (Å²) in [5.41, 5.74) is 7.40. The Balaban J connectivity index is 1.08. The number of aromatic nitrogens is 4. The maximum absolute atomic E-state index is 5.15. The minimum absolute atomic E-state index is 0.600. The van der Waals surface area contributed by atoms with E-state index in [0.29, 0.717) is 17.5 Å². The number of rotatable bonds is 5. The fourth-order valence-electron chi connectivity index (χ4n) is 7.95. The molecule has 8 aromatic carbocycles. The van der Waals surface area contributed by atoms with Crippen molar-refractivity contribution in [2.24, 2.45) is 0 Å². The average molecular weight is 719 g/mol. The van der Waals surface area contributed by atoms with Gasteiger partial charge in [0, 0.05) is 44.6 Å². The highest BCUT2D eigenvalue weighted by atomic mass is 32.1. The molecule has 0 aliphatic carbocycles. The molecule has 3 aromatic heterocycles. The van der Waals surface area contributed by atoms with Crippen molar-refractivity contribution in [1.82, 2.24) is 19.9 Å². The number of fused-ring (bicyclic) bond motifs is 9. The summed E-state index contributed by atoms with van der Waals surface area (Å²) in [6.07, 6.45) is 3.86. The molecule has 0 spiro atoms. The molecule has 0 aliphatic heterocycles. The molecular weight excluding hydrogens is 689 g/mol. The first-order chi connectivity index (χ1) is 27.2. The van der Waals surface area contributed by atoms with Crippen molar-refractivity contribution in [3.8, 4) is 56.4 Å². The summed E-state index contributed by atoms with van der Waals surface area (Å²) in [7, 11) is 0. The van der Waals surface area contributed by atoms with E-state index in [-0.39, 0.29) is 0 Å². The van der Waals surface area contributed by atoms with Gasteiger partial charge in [0.1, 0.15) is 0 Å². The highest BCUT2D eigenvalue weighted by Gasteiger charge is 2.19. The second kappa shape index (κ2) is 12.8. The molecule has 0 fully saturated rings. The molecular formula is C50H30N4S. The van der Waals surface area contributed by atoms with Gasteiger partial charge in [0.05, 0.1) is 4.70 Å². The van der Waals surface area contributed by atoms with Crippen LogP contribution in [0.3, 0.4) is 0 Å². The molecule has 0 bridgehead atoms. The first-order valence-corrected chi connectivity index (χ1v) is 19.2. The van der Waals surface area contributed by atoms with E-state index in [1.54, 1.807) is 11.3 Å². The molecule has 0 unspecified atom stereocenters. The van der Waals surface area contributed by atoms with Crippen LogP contribution in [0.1, 0.15) is 0 Å². The number of pyridine rings is 1. The fourth-order valence-corrected chi connectivity index (χ4v) is 9.03. The maximum atomic E-state index is 5.15. The van der Waals surface area contributed by atoms with Gasteiger partial charge >= 0.3 is 0 Å². The molecule has 0 radical (unpaired) electrons. The van der Waals surface area contributed by atoms with Gasteiger partial charge in [0.25, 0.3) is 0 Å². The maximum Gasteiger partial charge on any atom is 0.166 e. The van der Waals surface area contributed by atoms with E-state index in [9.17, 15) is 0 Å². The summed E-state index contributed by atoms with van der Waals surface area (Å²) in [5, 5.41) is 9.89. The van der Waals surface area contributed by atoms with Crippen LogP contribution >= 0.6 is 11.3 Å². The minimum atomic E-state index is 0.600. The Morgan fingerprint density at radius 2 is 0.764 bits per heavy atom. The molecule has 11 rings (SSSR count). The summed E-state index contributed by atoms with van der Waals surface area (Å²) in [4.78, 5) is 20.0. The fraction of sp³-hybridized carbons (Fsp3) is 0. The van der Waals surface area contributed by atoms with Crippen molar-refractivity contribution in [2.45, 2.75) is 0 Å². The van der Waals surface area contributed by atoms with Gasteiger partial charge in [-0.15, -0.1) is 11.3 Å². The van der Waals surface area contributed by atoms with Crippen LogP contribution in [0.25, 0.3) is 109 Å². The smallest absolute Gasteiger partial charge is 0.166 e. The predicted octanol–water partition coefficient (Wildman–Crippen LogP) is 13.4. The monoisotopic (exact) mass is 718 g/mol. The number of benzene rings is 8. The van der Waals surface area contributed by atoms with Crippen molar-refractivity contribution in [3.05, 3.63) is 182 Å². The topological polar surface area (TPSA) is 51.6 Å². The van der Waals surface area contributed by atoms with Crippen molar-refractivity contribution in [2.75, 3.05) is 0 Å². The SMILES string of the molecule is c1ccc(-c2ccc(-c3nc(-c4ccccc4)nc(-c4cncc5sc6ccc(-c7ccc8c9ccccc9c9ccccc9c8c7)cc6c45)n3)cc2)cc1. The van der Waals surface area contributed by atoms with Crippen LogP contribution in [-0.4, -0.2) is 19.9 Å². The molecule has 55 heavy (non-hydrogen) atoms. The summed E-state index contributed by atoms with van der Waals surface area (Å²) in [5.74, 6) is 1.85. The molecule has 0 atom stereocenters.